The molecule has 2 heterocycles. The molecule has 1 aromatic heterocycles. The fourth-order valence-corrected chi connectivity index (χ4v) is 3.09. The van der Waals surface area contributed by atoms with Crippen LogP contribution in [0.15, 0.2) is 54.6 Å². The number of anilines is 2. The number of aromatic amines is 1. The van der Waals surface area contributed by atoms with E-state index in [4.69, 9.17) is 4.98 Å². The lowest BCUT2D eigenvalue weighted by Gasteiger charge is -2.16. The lowest BCUT2D eigenvalue weighted by atomic mass is 10.1. The number of aromatic nitrogens is 4. The van der Waals surface area contributed by atoms with Gasteiger partial charge in [-0.3, -0.25) is 5.10 Å². The van der Waals surface area contributed by atoms with Crippen molar-refractivity contribution in [2.45, 2.75) is 41.5 Å². The lowest BCUT2D eigenvalue weighted by molar-refractivity contribution is 0.935. The van der Waals surface area contributed by atoms with Crippen molar-refractivity contribution in [3.05, 3.63) is 77.2 Å². The molecule has 4 rings (SSSR count). The van der Waals surface area contributed by atoms with Gasteiger partial charge in [-0.1, -0.05) is 69.7 Å². The van der Waals surface area contributed by atoms with Crippen LogP contribution in [-0.4, -0.2) is 34.3 Å². The van der Waals surface area contributed by atoms with Crippen molar-refractivity contribution in [2.24, 2.45) is 0 Å². The van der Waals surface area contributed by atoms with Gasteiger partial charge in [-0.05, 0) is 43.7 Å². The summed E-state index contributed by atoms with van der Waals surface area (Å²) in [5.74, 6) is 1.21. The van der Waals surface area contributed by atoms with Crippen LogP contribution in [-0.2, 0) is 0 Å². The van der Waals surface area contributed by atoms with E-state index in [1.54, 1.807) is 0 Å². The van der Waals surface area contributed by atoms with Gasteiger partial charge >= 0.3 is 0 Å². The summed E-state index contributed by atoms with van der Waals surface area (Å²) in [5.41, 5.74) is 7.04. The molecule has 2 aromatic carbocycles. The normalized spacial score (nSPS) is 10.8. The van der Waals surface area contributed by atoms with Crippen LogP contribution < -0.4 is 10.2 Å². The molecular weight excluding hydrogens is 408 g/mol. The first-order valence-electron chi connectivity index (χ1n) is 11.5. The van der Waals surface area contributed by atoms with Crippen molar-refractivity contribution in [3.8, 4) is 11.3 Å². The minimum atomic E-state index is 0.505. The summed E-state index contributed by atoms with van der Waals surface area (Å²) in [6.45, 7) is 12.0. The second-order valence-electron chi connectivity index (χ2n) is 7.30. The SMILES string of the molecule is CC.CC.Cc1ccc(-c2cc3nc(n[nH]c(C)n2)NC(c2ccc(N(C)C)cc2)=C3)cc1. The summed E-state index contributed by atoms with van der Waals surface area (Å²) < 4.78 is 0. The molecule has 0 fully saturated rings. The monoisotopic (exact) mass is 444 g/mol. The van der Waals surface area contributed by atoms with Gasteiger partial charge in [-0.15, -0.1) is 5.10 Å². The molecule has 0 atom stereocenters. The molecule has 3 aromatic rings. The van der Waals surface area contributed by atoms with Crippen molar-refractivity contribution >= 4 is 23.4 Å². The topological polar surface area (TPSA) is 69.7 Å². The van der Waals surface area contributed by atoms with E-state index >= 15 is 0 Å². The summed E-state index contributed by atoms with van der Waals surface area (Å²) in [4.78, 5) is 11.4. The first-order valence-corrected chi connectivity index (χ1v) is 11.5. The zero-order chi connectivity index (χ0) is 24.4. The van der Waals surface area contributed by atoms with Gasteiger partial charge in [0.15, 0.2) is 0 Å². The van der Waals surface area contributed by atoms with Crippen LogP contribution in [0.1, 0.15) is 50.3 Å². The number of aryl methyl sites for hydroxylation is 2. The Hall–Kier alpha value is -3.67. The second kappa shape index (κ2) is 12.4. The number of rotatable bonds is 3. The van der Waals surface area contributed by atoms with Gasteiger partial charge in [0.2, 0.25) is 5.95 Å². The highest BCUT2D eigenvalue weighted by molar-refractivity contribution is 5.89. The van der Waals surface area contributed by atoms with Crippen LogP contribution in [0.3, 0.4) is 0 Å². The van der Waals surface area contributed by atoms with Gasteiger partial charge in [0, 0.05) is 25.3 Å². The van der Waals surface area contributed by atoms with Crippen LogP contribution >= 0.6 is 0 Å². The number of benzene rings is 2. The van der Waals surface area contributed by atoms with E-state index in [0.29, 0.717) is 11.8 Å². The maximum absolute atomic E-state index is 4.70. The minimum absolute atomic E-state index is 0.505. The van der Waals surface area contributed by atoms with E-state index in [1.165, 1.54) is 5.56 Å². The van der Waals surface area contributed by atoms with Crippen molar-refractivity contribution in [2.75, 3.05) is 24.3 Å². The van der Waals surface area contributed by atoms with Gasteiger partial charge < -0.3 is 10.2 Å². The Morgan fingerprint density at radius 3 is 1.97 bits per heavy atom. The Kier molecular flexibility index (Phi) is 9.61. The van der Waals surface area contributed by atoms with Crippen LogP contribution in [0.5, 0.6) is 0 Å². The average Bonchev–Trinajstić information content (AvgIpc) is 2.90. The number of nitrogens with zero attached hydrogens (tertiary/aromatic N) is 4. The third kappa shape index (κ3) is 6.91. The summed E-state index contributed by atoms with van der Waals surface area (Å²) in [5, 5.41) is 10.6. The van der Waals surface area contributed by atoms with Gasteiger partial charge in [0.05, 0.1) is 17.1 Å². The van der Waals surface area contributed by atoms with Gasteiger partial charge in [-0.2, -0.15) is 0 Å². The average molecular weight is 445 g/mol. The molecule has 174 valence electrons. The highest BCUT2D eigenvalue weighted by Gasteiger charge is 2.11. The maximum atomic E-state index is 4.70. The molecule has 0 radical (unpaired) electrons. The quantitative estimate of drug-likeness (QED) is 0.473. The number of nitrogens with one attached hydrogen (secondary N) is 2. The third-order valence-corrected chi connectivity index (χ3v) is 4.71. The molecule has 1 aliphatic heterocycles. The van der Waals surface area contributed by atoms with Crippen LogP contribution in [0.4, 0.5) is 11.6 Å². The molecule has 0 unspecified atom stereocenters. The standard InChI is InChI=1S/C23H24N6.2C2H6/c1-15-5-7-17(8-6-15)21-13-19-14-22(18-9-11-20(12-10-18)29(3)4)26-23(25-19)28-27-16(2)24-21;2*1-2/h5-14H,1-4H3,(H,24,27)(H,25,26,28);2*1-2H3. The summed E-state index contributed by atoms with van der Waals surface area (Å²) in [7, 11) is 4.06. The van der Waals surface area contributed by atoms with Crippen molar-refractivity contribution in [1.29, 1.82) is 0 Å². The molecule has 0 amide bonds. The maximum Gasteiger partial charge on any atom is 0.245 e. The molecule has 0 aliphatic carbocycles. The molecule has 6 nitrogen and oxygen atoms in total. The number of fused-ring (bicyclic) bond motifs is 2. The second-order valence-corrected chi connectivity index (χ2v) is 7.30. The molecule has 33 heavy (non-hydrogen) atoms. The van der Waals surface area contributed by atoms with E-state index in [0.717, 1.165) is 33.9 Å². The number of hydrogen-bond donors (Lipinski definition) is 2. The van der Waals surface area contributed by atoms with E-state index in [1.807, 2.05) is 60.9 Å². The molecule has 6 heteroatoms. The highest BCUT2D eigenvalue weighted by atomic mass is 15.2. The molecule has 2 N–H and O–H groups in total. The molecule has 2 bridgehead atoms. The van der Waals surface area contributed by atoms with Gasteiger partial charge in [0.1, 0.15) is 5.82 Å². The predicted octanol–water partition coefficient (Wildman–Crippen LogP) is 6.65. The van der Waals surface area contributed by atoms with Crippen LogP contribution in [0.2, 0.25) is 0 Å². The Balaban J connectivity index is 0.000000914. The molecular formula is C27H36N6. The van der Waals surface area contributed by atoms with E-state index < -0.39 is 0 Å². The predicted molar refractivity (Wildman–Crippen MR) is 142 cm³/mol. The van der Waals surface area contributed by atoms with Crippen LogP contribution in [0, 0.1) is 13.8 Å². The summed E-state index contributed by atoms with van der Waals surface area (Å²) >= 11 is 0. The fraction of sp³-hybridized carbons (Fsp3) is 0.296. The molecule has 0 saturated heterocycles. The van der Waals surface area contributed by atoms with E-state index in [9.17, 15) is 0 Å². The molecule has 0 saturated carbocycles. The highest BCUT2D eigenvalue weighted by Crippen LogP contribution is 2.25. The van der Waals surface area contributed by atoms with Gasteiger partial charge in [-0.25, -0.2) is 9.97 Å². The fourth-order valence-electron chi connectivity index (χ4n) is 3.09. The van der Waals surface area contributed by atoms with E-state index in [-0.39, 0.29) is 0 Å². The number of hydrogen-bond acceptors (Lipinski definition) is 5. The Morgan fingerprint density at radius 1 is 0.758 bits per heavy atom. The van der Waals surface area contributed by atoms with Crippen LogP contribution in [0.25, 0.3) is 23.0 Å². The Labute approximate surface area is 198 Å². The molecule has 1 aliphatic rings. The van der Waals surface area contributed by atoms with Crippen molar-refractivity contribution < 1.29 is 0 Å². The Morgan fingerprint density at radius 2 is 1.36 bits per heavy atom. The largest absolute Gasteiger partial charge is 0.378 e. The zero-order valence-corrected chi connectivity index (χ0v) is 21.1. The number of H-pyrrole nitrogens is 1. The summed E-state index contributed by atoms with van der Waals surface area (Å²) in [6, 6.07) is 18.7. The summed E-state index contributed by atoms with van der Waals surface area (Å²) in [6.07, 6.45) is 2.02. The van der Waals surface area contributed by atoms with Gasteiger partial charge in [0.25, 0.3) is 0 Å². The first kappa shape index (κ1) is 25.6. The molecule has 0 spiro atoms. The Bertz CT molecular complexity index is 1110. The third-order valence-electron chi connectivity index (χ3n) is 4.71. The zero-order valence-electron chi connectivity index (χ0n) is 21.1. The van der Waals surface area contributed by atoms with Crippen molar-refractivity contribution in [3.63, 3.8) is 0 Å². The minimum Gasteiger partial charge on any atom is -0.378 e. The van der Waals surface area contributed by atoms with Crippen molar-refractivity contribution in [1.82, 2.24) is 20.2 Å². The first-order chi connectivity index (χ1) is 16.0. The smallest absolute Gasteiger partial charge is 0.245 e. The van der Waals surface area contributed by atoms with E-state index in [2.05, 4.69) is 80.9 Å². The lowest BCUT2D eigenvalue weighted by Crippen LogP contribution is -2.09.